The highest BCUT2D eigenvalue weighted by Gasteiger charge is 2.45. The van der Waals surface area contributed by atoms with E-state index in [4.69, 9.17) is 21.3 Å². The lowest BCUT2D eigenvalue weighted by atomic mass is 9.69. The van der Waals surface area contributed by atoms with Gasteiger partial charge >= 0.3 is 5.97 Å². The number of benzene rings is 2. The van der Waals surface area contributed by atoms with E-state index in [-0.39, 0.29) is 29.6 Å². The van der Waals surface area contributed by atoms with Crippen molar-refractivity contribution in [1.82, 2.24) is 0 Å². The van der Waals surface area contributed by atoms with Crippen LogP contribution in [0.3, 0.4) is 0 Å². The molecule has 3 atom stereocenters. The number of allylic oxidation sites excluding steroid dienone is 2. The van der Waals surface area contributed by atoms with Crippen molar-refractivity contribution in [1.29, 1.82) is 0 Å². The van der Waals surface area contributed by atoms with Gasteiger partial charge in [0.2, 0.25) is 0 Å². The zero-order valence-corrected chi connectivity index (χ0v) is 20.6. The summed E-state index contributed by atoms with van der Waals surface area (Å²) in [4.78, 5) is 31.9. The Morgan fingerprint density at radius 1 is 0.971 bits per heavy atom. The third-order valence-electron chi connectivity index (χ3n) is 7.55. The minimum Gasteiger partial charge on any atom is -0.462 e. The topological polar surface area (TPSA) is 55.7 Å². The van der Waals surface area contributed by atoms with E-state index in [1.165, 1.54) is 12.1 Å². The summed E-state index contributed by atoms with van der Waals surface area (Å²) >= 11 is 6.05. The number of hydrogen-bond donors (Lipinski definition) is 0. The number of carbonyl (C=O) groups excluding carboxylic acids is 2. The van der Waals surface area contributed by atoms with Gasteiger partial charge in [-0.1, -0.05) is 42.3 Å². The van der Waals surface area contributed by atoms with Crippen LogP contribution in [0.5, 0.6) is 0 Å². The normalized spacial score (nSPS) is 25.2. The molecule has 1 saturated carbocycles. The summed E-state index contributed by atoms with van der Waals surface area (Å²) in [5.41, 5.74) is 3.70. The fourth-order valence-electron chi connectivity index (χ4n) is 5.79. The summed E-state index contributed by atoms with van der Waals surface area (Å²) in [5.74, 6) is -1.95. The molecule has 2 aromatic rings. The Kier molecular flexibility index (Phi) is 6.88. The van der Waals surface area contributed by atoms with E-state index in [1.807, 2.05) is 31.2 Å². The third kappa shape index (κ3) is 4.97. The van der Waals surface area contributed by atoms with Crippen LogP contribution in [0, 0.1) is 11.7 Å². The predicted octanol–water partition coefficient (Wildman–Crippen LogP) is 6.93. The maximum Gasteiger partial charge on any atom is 0.315 e. The van der Waals surface area contributed by atoms with E-state index >= 15 is 0 Å². The van der Waals surface area contributed by atoms with Crippen molar-refractivity contribution in [2.75, 3.05) is 0 Å². The minimum absolute atomic E-state index is 0.00493. The lowest BCUT2D eigenvalue weighted by Gasteiger charge is -2.37. The van der Waals surface area contributed by atoms with Crippen molar-refractivity contribution in [2.24, 2.45) is 10.9 Å². The molecule has 3 aliphatic rings. The first-order valence-electron chi connectivity index (χ1n) is 12.4. The molecule has 5 rings (SSSR count). The van der Waals surface area contributed by atoms with E-state index in [9.17, 15) is 14.0 Å². The van der Waals surface area contributed by atoms with Gasteiger partial charge in [0, 0.05) is 34.3 Å². The standard InChI is InChI=1S/C29H29ClFNO3/c1-17-26(29(34)35-23-5-3-2-4-6-23)27(19-9-13-22(31)14-10-19)28-24(32-17)15-20(16-25(28)33)18-7-11-21(30)12-8-18/h7-14,20,23,26-27H,2-6,15-16H2,1H3/t20-,26?,27+/m0/s1. The molecule has 0 amide bonds. The van der Waals surface area contributed by atoms with Gasteiger partial charge in [-0.25, -0.2) is 4.39 Å². The number of aliphatic imine (C=N–C) groups is 1. The van der Waals surface area contributed by atoms with Crippen LogP contribution in [-0.2, 0) is 14.3 Å². The largest absolute Gasteiger partial charge is 0.462 e. The number of ketones is 1. The number of Topliss-reactive ketones (excluding diaryl/α,β-unsaturated/α-hetero) is 1. The highest BCUT2D eigenvalue weighted by atomic mass is 35.5. The van der Waals surface area contributed by atoms with E-state index in [2.05, 4.69) is 0 Å². The molecule has 2 aromatic carbocycles. The lowest BCUT2D eigenvalue weighted by molar-refractivity contribution is -0.153. The van der Waals surface area contributed by atoms with Crippen LogP contribution < -0.4 is 0 Å². The highest BCUT2D eigenvalue weighted by molar-refractivity contribution is 6.30. The smallest absolute Gasteiger partial charge is 0.315 e. The van der Waals surface area contributed by atoms with E-state index in [1.54, 1.807) is 12.1 Å². The molecule has 1 aliphatic heterocycles. The van der Waals surface area contributed by atoms with Gasteiger partial charge < -0.3 is 4.74 Å². The van der Waals surface area contributed by atoms with Crippen LogP contribution in [0.25, 0.3) is 0 Å². The van der Waals surface area contributed by atoms with Crippen LogP contribution in [-0.4, -0.2) is 23.6 Å². The molecule has 0 saturated heterocycles. The second-order valence-corrected chi connectivity index (χ2v) is 10.3. The Morgan fingerprint density at radius 2 is 1.63 bits per heavy atom. The van der Waals surface area contributed by atoms with E-state index < -0.39 is 11.8 Å². The molecular weight excluding hydrogens is 465 g/mol. The molecule has 182 valence electrons. The molecule has 35 heavy (non-hydrogen) atoms. The van der Waals surface area contributed by atoms with Gasteiger partial charge in [-0.2, -0.15) is 0 Å². The Hall–Kier alpha value is -2.79. The van der Waals surface area contributed by atoms with Gasteiger partial charge in [-0.15, -0.1) is 0 Å². The second-order valence-electron chi connectivity index (χ2n) is 9.90. The number of carbonyl (C=O) groups is 2. The first-order chi connectivity index (χ1) is 16.9. The number of hydrogen-bond acceptors (Lipinski definition) is 4. The molecule has 0 aromatic heterocycles. The molecule has 2 aliphatic carbocycles. The molecule has 4 nitrogen and oxygen atoms in total. The first kappa shape index (κ1) is 23.9. The molecule has 0 radical (unpaired) electrons. The maximum absolute atomic E-state index is 13.8. The van der Waals surface area contributed by atoms with Gasteiger partial charge in [0.15, 0.2) is 5.78 Å². The SMILES string of the molecule is CC1=NC2=C(C(=O)C[C@@H](c3ccc(Cl)cc3)C2)[C@H](c2ccc(F)cc2)C1C(=O)OC1CCCCC1. The van der Waals surface area contributed by atoms with Crippen LogP contribution in [0.15, 0.2) is 64.8 Å². The summed E-state index contributed by atoms with van der Waals surface area (Å²) in [6.45, 7) is 1.84. The molecule has 1 fully saturated rings. The van der Waals surface area contributed by atoms with Gasteiger partial charge in [-0.05, 0) is 80.3 Å². The third-order valence-corrected chi connectivity index (χ3v) is 7.80. The van der Waals surface area contributed by atoms with Gasteiger partial charge in [0.25, 0.3) is 0 Å². The molecule has 6 heteroatoms. The number of nitrogens with zero attached hydrogens (tertiary/aromatic N) is 1. The number of ether oxygens (including phenoxy) is 1. The first-order valence-corrected chi connectivity index (χ1v) is 12.8. The fraction of sp³-hybridized carbons (Fsp3) is 0.414. The quantitative estimate of drug-likeness (QED) is 0.434. The summed E-state index contributed by atoms with van der Waals surface area (Å²) in [6.07, 6.45) is 5.84. The van der Waals surface area contributed by atoms with Gasteiger partial charge in [0.05, 0.1) is 0 Å². The highest BCUT2D eigenvalue weighted by Crippen LogP contribution is 2.47. The van der Waals surface area contributed by atoms with Gasteiger partial charge in [-0.3, -0.25) is 14.6 Å². The number of esters is 1. The molecule has 0 spiro atoms. The Labute approximate surface area is 210 Å². The molecule has 1 unspecified atom stereocenters. The minimum atomic E-state index is -0.697. The molecule has 1 heterocycles. The zero-order chi connectivity index (χ0) is 24.5. The van der Waals surface area contributed by atoms with E-state index in [0.29, 0.717) is 29.1 Å². The lowest BCUT2D eigenvalue weighted by Crippen LogP contribution is -2.39. The zero-order valence-electron chi connectivity index (χ0n) is 19.8. The molecule has 0 N–H and O–H groups in total. The van der Waals surface area contributed by atoms with Gasteiger partial charge in [0.1, 0.15) is 17.8 Å². The fourth-order valence-corrected chi connectivity index (χ4v) is 5.91. The predicted molar refractivity (Wildman–Crippen MR) is 134 cm³/mol. The summed E-state index contributed by atoms with van der Waals surface area (Å²) in [7, 11) is 0. The number of rotatable bonds is 4. The number of halogens is 2. The van der Waals surface area contributed by atoms with Crippen molar-refractivity contribution >= 4 is 29.1 Å². The molecular formula is C29H29ClFNO3. The van der Waals surface area contributed by atoms with Crippen molar-refractivity contribution in [3.63, 3.8) is 0 Å². The Bertz CT molecular complexity index is 1180. The monoisotopic (exact) mass is 493 g/mol. The van der Waals surface area contributed by atoms with Crippen molar-refractivity contribution < 1.29 is 18.7 Å². The van der Waals surface area contributed by atoms with Crippen molar-refractivity contribution in [3.8, 4) is 0 Å². The Balaban J connectivity index is 1.51. The van der Waals surface area contributed by atoms with Crippen LogP contribution in [0.4, 0.5) is 4.39 Å². The van der Waals surface area contributed by atoms with Crippen molar-refractivity contribution in [3.05, 3.63) is 81.8 Å². The van der Waals surface area contributed by atoms with Crippen LogP contribution >= 0.6 is 11.6 Å². The summed E-state index contributed by atoms with van der Waals surface area (Å²) < 4.78 is 19.7. The summed E-state index contributed by atoms with van der Waals surface area (Å²) in [5, 5.41) is 0.651. The van der Waals surface area contributed by atoms with Crippen LogP contribution in [0.2, 0.25) is 5.02 Å². The van der Waals surface area contributed by atoms with Crippen LogP contribution in [0.1, 0.15) is 74.8 Å². The second kappa shape index (κ2) is 10.1. The molecule has 0 bridgehead atoms. The summed E-state index contributed by atoms with van der Waals surface area (Å²) in [6, 6.07) is 13.7. The maximum atomic E-state index is 13.8. The van der Waals surface area contributed by atoms with Crippen molar-refractivity contribution in [2.45, 2.75) is 69.8 Å². The van der Waals surface area contributed by atoms with E-state index in [0.717, 1.165) is 48.9 Å². The average Bonchev–Trinajstić information content (AvgIpc) is 2.84. The average molecular weight is 494 g/mol. The Morgan fingerprint density at radius 3 is 2.31 bits per heavy atom.